The lowest BCUT2D eigenvalue weighted by atomic mass is 10.0. The molecule has 9 heteroatoms. The van der Waals surface area contributed by atoms with Gasteiger partial charge in [-0.3, -0.25) is 4.79 Å². The summed E-state index contributed by atoms with van der Waals surface area (Å²) >= 11 is 3.50. The third-order valence-electron chi connectivity index (χ3n) is 5.92. The number of carbonyl (C=O) groups excluding carboxylic acids is 1. The number of amides is 1. The van der Waals surface area contributed by atoms with Gasteiger partial charge in [-0.25, -0.2) is 8.42 Å². The first-order valence-electron chi connectivity index (χ1n) is 10.4. The van der Waals surface area contributed by atoms with Crippen molar-refractivity contribution in [3.63, 3.8) is 0 Å². The number of hydrogen-bond acceptors (Lipinski definition) is 4. The lowest BCUT2D eigenvalue weighted by Crippen LogP contribution is -2.40. The number of H-pyrrole nitrogens is 1. The third-order valence-corrected chi connectivity index (χ3v) is 8.31. The second-order valence-corrected chi connectivity index (χ2v) is 10.6. The summed E-state index contributed by atoms with van der Waals surface area (Å²) in [6, 6.07) is 10.9. The van der Waals surface area contributed by atoms with Crippen molar-refractivity contribution in [1.29, 1.82) is 0 Å². The number of rotatable bonds is 4. The molecule has 2 aliphatic heterocycles. The van der Waals surface area contributed by atoms with Gasteiger partial charge in [-0.05, 0) is 49.4 Å². The maximum absolute atomic E-state index is 13.2. The first-order chi connectivity index (χ1) is 15.4. The van der Waals surface area contributed by atoms with Gasteiger partial charge in [0.15, 0.2) is 0 Å². The average molecular weight is 516 g/mol. The molecule has 7 nitrogen and oxygen atoms in total. The Labute approximate surface area is 194 Å². The van der Waals surface area contributed by atoms with Crippen molar-refractivity contribution >= 4 is 60.1 Å². The van der Waals surface area contributed by atoms with Crippen LogP contribution in [0.5, 0.6) is 0 Å². The minimum atomic E-state index is -3.67. The quantitative estimate of drug-likeness (QED) is 0.534. The lowest BCUT2D eigenvalue weighted by Gasteiger charge is -2.26. The zero-order chi connectivity index (χ0) is 22.5. The SMILES string of the molecule is CCN1C(=O)/C(=C\c2c[nH]c3ccc(Br)cc23)c2cc(S(=O)(=O)N3CCOCC3)ccc21. The van der Waals surface area contributed by atoms with Crippen LogP contribution in [0.3, 0.4) is 0 Å². The Morgan fingerprint density at radius 1 is 1.16 bits per heavy atom. The molecular formula is C23H22BrN3O4S. The summed E-state index contributed by atoms with van der Waals surface area (Å²) in [7, 11) is -3.67. The topological polar surface area (TPSA) is 82.7 Å². The lowest BCUT2D eigenvalue weighted by molar-refractivity contribution is -0.112. The van der Waals surface area contributed by atoms with Crippen LogP contribution in [0.4, 0.5) is 5.69 Å². The van der Waals surface area contributed by atoms with Crippen molar-refractivity contribution in [2.75, 3.05) is 37.7 Å². The fourth-order valence-corrected chi connectivity index (χ4v) is 6.07. The summed E-state index contributed by atoms with van der Waals surface area (Å²) < 4.78 is 34.1. The van der Waals surface area contributed by atoms with Gasteiger partial charge in [0.1, 0.15) is 0 Å². The molecule has 0 unspecified atom stereocenters. The second-order valence-electron chi connectivity index (χ2n) is 7.74. The van der Waals surface area contributed by atoms with E-state index in [1.165, 1.54) is 4.31 Å². The minimum Gasteiger partial charge on any atom is -0.379 e. The van der Waals surface area contributed by atoms with Crippen LogP contribution < -0.4 is 4.90 Å². The van der Waals surface area contributed by atoms with Crippen LogP contribution in [0.2, 0.25) is 0 Å². The van der Waals surface area contributed by atoms with Gasteiger partial charge in [0.25, 0.3) is 5.91 Å². The molecule has 5 rings (SSSR count). The Bertz CT molecular complexity index is 1360. The Balaban J connectivity index is 1.63. The number of anilines is 1. The maximum atomic E-state index is 13.2. The van der Waals surface area contributed by atoms with Crippen molar-refractivity contribution < 1.29 is 17.9 Å². The number of morpholine rings is 1. The molecule has 0 radical (unpaired) electrons. The summed E-state index contributed by atoms with van der Waals surface area (Å²) in [5.74, 6) is -0.132. The van der Waals surface area contributed by atoms with Crippen molar-refractivity contribution in [2.45, 2.75) is 11.8 Å². The Morgan fingerprint density at radius 3 is 2.69 bits per heavy atom. The fourth-order valence-electron chi connectivity index (χ4n) is 4.28. The number of nitrogens with one attached hydrogen (secondary N) is 1. The zero-order valence-corrected chi connectivity index (χ0v) is 19.9. The van der Waals surface area contributed by atoms with E-state index in [0.717, 1.165) is 26.6 Å². The number of hydrogen-bond donors (Lipinski definition) is 1. The molecule has 0 saturated carbocycles. The first kappa shape index (κ1) is 21.4. The van der Waals surface area contributed by atoms with E-state index in [1.807, 2.05) is 37.4 Å². The summed E-state index contributed by atoms with van der Waals surface area (Å²) in [6.07, 6.45) is 3.70. The average Bonchev–Trinajstić information content (AvgIpc) is 3.32. The van der Waals surface area contributed by atoms with Crippen molar-refractivity contribution in [2.24, 2.45) is 0 Å². The number of carbonyl (C=O) groups is 1. The largest absolute Gasteiger partial charge is 0.379 e. The standard InChI is InChI=1S/C23H22BrN3O4S/c1-2-27-22-6-4-17(32(29,30)26-7-9-31-10-8-26)13-19(22)20(23(27)28)11-15-14-25-21-5-3-16(24)12-18(15)21/h3-6,11-14,25H,2,7-10H2,1H3/b20-11-. The highest BCUT2D eigenvalue weighted by atomic mass is 79.9. The van der Waals surface area contributed by atoms with Crippen molar-refractivity contribution in [3.8, 4) is 0 Å². The highest BCUT2D eigenvalue weighted by Crippen LogP contribution is 2.40. The summed E-state index contributed by atoms with van der Waals surface area (Å²) in [5.41, 5.74) is 3.68. The van der Waals surface area contributed by atoms with Gasteiger partial charge in [0.05, 0.1) is 23.8 Å². The smallest absolute Gasteiger partial charge is 0.258 e. The molecule has 32 heavy (non-hydrogen) atoms. The van der Waals surface area contributed by atoms with E-state index >= 15 is 0 Å². The van der Waals surface area contributed by atoms with E-state index in [2.05, 4.69) is 20.9 Å². The molecule has 3 heterocycles. The number of benzene rings is 2. The van der Waals surface area contributed by atoms with Gasteiger partial charge in [0, 0.05) is 57.9 Å². The predicted octanol–water partition coefficient (Wildman–Crippen LogP) is 3.86. The number of ether oxygens (including phenoxy) is 1. The van der Waals surface area contributed by atoms with Crippen LogP contribution in [0.25, 0.3) is 22.6 Å². The van der Waals surface area contributed by atoms with Gasteiger partial charge in [-0.2, -0.15) is 4.31 Å². The normalized spacial score (nSPS) is 18.6. The van der Waals surface area contributed by atoms with E-state index < -0.39 is 10.0 Å². The van der Waals surface area contributed by atoms with E-state index in [0.29, 0.717) is 44.0 Å². The number of aromatic nitrogens is 1. The van der Waals surface area contributed by atoms with Crippen molar-refractivity contribution in [3.05, 3.63) is 58.2 Å². The fraction of sp³-hybridized carbons (Fsp3) is 0.261. The molecule has 166 valence electrons. The Kier molecular flexibility index (Phi) is 5.45. The monoisotopic (exact) mass is 515 g/mol. The third kappa shape index (κ3) is 3.49. The molecule has 1 aromatic heterocycles. The molecule has 0 atom stereocenters. The van der Waals surface area contributed by atoms with Crippen LogP contribution in [0.1, 0.15) is 18.1 Å². The molecule has 2 aromatic carbocycles. The summed E-state index contributed by atoms with van der Waals surface area (Å²) in [6.45, 7) is 3.82. The molecule has 1 fully saturated rings. The highest BCUT2D eigenvalue weighted by molar-refractivity contribution is 9.10. The number of aromatic amines is 1. The minimum absolute atomic E-state index is 0.132. The number of likely N-dealkylation sites (N-methyl/N-ethyl adjacent to an activating group) is 1. The predicted molar refractivity (Wildman–Crippen MR) is 128 cm³/mol. The second kappa shape index (κ2) is 8.15. The number of halogens is 1. The van der Waals surface area contributed by atoms with Gasteiger partial charge in [0.2, 0.25) is 10.0 Å². The van der Waals surface area contributed by atoms with Crippen LogP contribution in [0.15, 0.2) is 52.0 Å². The van der Waals surface area contributed by atoms with Gasteiger partial charge >= 0.3 is 0 Å². The molecule has 1 amide bonds. The van der Waals surface area contributed by atoms with Gasteiger partial charge < -0.3 is 14.6 Å². The molecule has 2 aliphatic rings. The Morgan fingerprint density at radius 2 is 1.94 bits per heavy atom. The van der Waals surface area contributed by atoms with E-state index in [-0.39, 0.29) is 10.8 Å². The summed E-state index contributed by atoms with van der Waals surface area (Å²) in [5, 5.41) is 0.980. The van der Waals surface area contributed by atoms with Crippen LogP contribution >= 0.6 is 15.9 Å². The number of nitrogens with zero attached hydrogens (tertiary/aromatic N) is 2. The molecule has 0 spiro atoms. The molecule has 0 bridgehead atoms. The van der Waals surface area contributed by atoms with Gasteiger partial charge in [-0.1, -0.05) is 15.9 Å². The molecule has 1 saturated heterocycles. The van der Waals surface area contributed by atoms with E-state index in [1.54, 1.807) is 23.1 Å². The van der Waals surface area contributed by atoms with Crippen LogP contribution in [-0.4, -0.2) is 56.5 Å². The molecule has 1 N–H and O–H groups in total. The maximum Gasteiger partial charge on any atom is 0.258 e. The highest BCUT2D eigenvalue weighted by Gasteiger charge is 2.34. The van der Waals surface area contributed by atoms with E-state index in [9.17, 15) is 13.2 Å². The number of fused-ring (bicyclic) bond motifs is 2. The molecule has 3 aromatic rings. The molecule has 0 aliphatic carbocycles. The Hall–Kier alpha value is -2.46. The van der Waals surface area contributed by atoms with Crippen molar-refractivity contribution in [1.82, 2.24) is 9.29 Å². The van der Waals surface area contributed by atoms with Gasteiger partial charge in [-0.15, -0.1) is 0 Å². The molecular weight excluding hydrogens is 494 g/mol. The van der Waals surface area contributed by atoms with Crippen LogP contribution in [0, 0.1) is 0 Å². The van der Waals surface area contributed by atoms with E-state index in [4.69, 9.17) is 4.74 Å². The van der Waals surface area contributed by atoms with Crippen LogP contribution in [-0.2, 0) is 19.6 Å². The summed E-state index contributed by atoms with van der Waals surface area (Å²) in [4.78, 5) is 18.3. The first-order valence-corrected chi connectivity index (χ1v) is 12.7. The number of sulfonamides is 1. The zero-order valence-electron chi connectivity index (χ0n) is 17.5.